The monoisotopic (exact) mass is 177 g/mol. The summed E-state index contributed by atoms with van der Waals surface area (Å²) in [6.45, 7) is -2.50. The molecule has 3 rings (SSSR count). The molecule has 0 saturated heterocycles. The second-order valence-electron chi connectivity index (χ2n) is 4.72. The van der Waals surface area contributed by atoms with Gasteiger partial charge in [-0.2, -0.15) is 0 Å². The Morgan fingerprint density at radius 1 is 1.17 bits per heavy atom. The molecule has 0 unspecified atom stereocenters. The molecule has 3 saturated carbocycles. The van der Waals surface area contributed by atoms with Crippen LogP contribution in [0.5, 0.6) is 0 Å². The fourth-order valence-corrected chi connectivity index (χ4v) is 3.23. The number of rotatable bonds is 3. The molecule has 0 nitrogen and oxygen atoms in total. The largest absolute Gasteiger partial charge is 0.484 e. The zero-order valence-electron chi connectivity index (χ0n) is 7.25. The Bertz CT molecular complexity index is 189. The van der Waals surface area contributed by atoms with Crippen LogP contribution in [-0.4, -0.2) is 6.98 Å². The summed E-state index contributed by atoms with van der Waals surface area (Å²) >= 11 is 0. The molecule has 0 aromatic carbocycles. The Morgan fingerprint density at radius 3 is 2.00 bits per heavy atom. The van der Waals surface area contributed by atoms with Crippen LogP contribution in [0.2, 0.25) is 5.31 Å². The fourth-order valence-electron chi connectivity index (χ4n) is 3.23. The van der Waals surface area contributed by atoms with Crippen molar-refractivity contribution in [1.82, 2.24) is 0 Å². The van der Waals surface area contributed by atoms with Crippen LogP contribution in [-0.2, 0) is 0 Å². The van der Waals surface area contributed by atoms with Crippen molar-refractivity contribution in [3.8, 4) is 0 Å². The van der Waals surface area contributed by atoms with Crippen molar-refractivity contribution in [3.05, 3.63) is 0 Å². The van der Waals surface area contributed by atoms with E-state index in [-0.39, 0.29) is 5.41 Å². The van der Waals surface area contributed by atoms with Crippen molar-refractivity contribution < 1.29 is 12.9 Å². The first-order valence-corrected chi connectivity index (χ1v) is 4.63. The first-order chi connectivity index (χ1) is 5.43. The molecule has 3 aliphatic carbocycles. The molecular weight excluding hydrogens is 164 g/mol. The van der Waals surface area contributed by atoms with Crippen LogP contribution < -0.4 is 0 Å². The molecule has 0 atom stereocenters. The minimum atomic E-state index is -4.55. The average molecular weight is 177 g/mol. The molecular formula is C8H13BF3-. The molecule has 0 N–H and O–H groups in total. The smallest absolute Gasteiger partial charge is 0.449 e. The maximum absolute atomic E-state index is 12.4. The van der Waals surface area contributed by atoms with Gasteiger partial charge in [-0.15, -0.1) is 0 Å². The Balaban J connectivity index is 1.95. The van der Waals surface area contributed by atoms with Crippen molar-refractivity contribution in [2.75, 3.05) is 0 Å². The summed E-state index contributed by atoms with van der Waals surface area (Å²) in [6, 6.07) is 0. The molecule has 4 heteroatoms. The van der Waals surface area contributed by atoms with Gasteiger partial charge in [-0.05, 0) is 11.8 Å². The van der Waals surface area contributed by atoms with Gasteiger partial charge in [0.05, 0.1) is 0 Å². The van der Waals surface area contributed by atoms with E-state index in [2.05, 4.69) is 0 Å². The number of halogens is 3. The molecule has 2 bridgehead atoms. The van der Waals surface area contributed by atoms with E-state index in [0.717, 1.165) is 12.8 Å². The first-order valence-electron chi connectivity index (χ1n) is 4.63. The predicted molar refractivity (Wildman–Crippen MR) is 43.0 cm³/mol. The van der Waals surface area contributed by atoms with Crippen molar-refractivity contribution in [2.45, 2.75) is 44.3 Å². The van der Waals surface area contributed by atoms with E-state index in [0.29, 0.717) is 19.3 Å². The third-order valence-corrected chi connectivity index (χ3v) is 3.66. The Morgan fingerprint density at radius 2 is 1.67 bits per heavy atom. The molecule has 0 amide bonds. The third kappa shape index (κ3) is 0.812. The molecule has 0 aliphatic heterocycles. The van der Waals surface area contributed by atoms with E-state index in [1.54, 1.807) is 0 Å². The topological polar surface area (TPSA) is 0 Å². The zero-order valence-corrected chi connectivity index (χ0v) is 7.25. The van der Waals surface area contributed by atoms with Gasteiger partial charge < -0.3 is 12.9 Å². The number of hydrogen-bond acceptors (Lipinski definition) is 0. The first kappa shape index (κ1) is 8.45. The molecule has 12 heavy (non-hydrogen) atoms. The standard InChI is InChI=1S/C8H13BF3/c1-2-3-7-4-8(5-7,6-7)9(10,11)12/h2-6H2,1H3/q-1. The minimum Gasteiger partial charge on any atom is -0.449 e. The maximum atomic E-state index is 12.4. The van der Waals surface area contributed by atoms with E-state index >= 15 is 0 Å². The second-order valence-corrected chi connectivity index (χ2v) is 4.72. The highest BCUT2D eigenvalue weighted by molar-refractivity contribution is 6.63. The molecule has 0 heterocycles. The van der Waals surface area contributed by atoms with Crippen LogP contribution in [0.15, 0.2) is 0 Å². The summed E-state index contributed by atoms with van der Waals surface area (Å²) < 4.78 is 37.2. The van der Waals surface area contributed by atoms with Gasteiger partial charge in [0.15, 0.2) is 0 Å². The van der Waals surface area contributed by atoms with Gasteiger partial charge in [0, 0.05) is 0 Å². The molecule has 0 aromatic heterocycles. The molecule has 3 aliphatic rings. The number of hydrogen-bond donors (Lipinski definition) is 0. The molecule has 0 radical (unpaired) electrons. The lowest BCUT2D eigenvalue weighted by Gasteiger charge is -2.75. The Labute approximate surface area is 70.6 Å². The van der Waals surface area contributed by atoms with Crippen LogP contribution in [0.1, 0.15) is 39.0 Å². The lowest BCUT2D eigenvalue weighted by molar-refractivity contribution is -0.118. The second kappa shape index (κ2) is 2.02. The van der Waals surface area contributed by atoms with E-state index < -0.39 is 12.3 Å². The van der Waals surface area contributed by atoms with Crippen molar-refractivity contribution in [3.63, 3.8) is 0 Å². The highest BCUT2D eigenvalue weighted by atomic mass is 19.4. The van der Waals surface area contributed by atoms with E-state index in [1.165, 1.54) is 0 Å². The maximum Gasteiger partial charge on any atom is 0.484 e. The summed E-state index contributed by atoms with van der Waals surface area (Å²) in [5.74, 6) is 0. The minimum absolute atomic E-state index is 0.131. The van der Waals surface area contributed by atoms with Gasteiger partial charge >= 0.3 is 6.98 Å². The van der Waals surface area contributed by atoms with Gasteiger partial charge in [0.25, 0.3) is 0 Å². The summed E-state index contributed by atoms with van der Waals surface area (Å²) in [5.41, 5.74) is 0.131. The summed E-state index contributed by atoms with van der Waals surface area (Å²) in [4.78, 5) is 0. The van der Waals surface area contributed by atoms with Crippen LogP contribution >= 0.6 is 0 Å². The molecule has 70 valence electrons. The van der Waals surface area contributed by atoms with Gasteiger partial charge in [-0.1, -0.05) is 37.9 Å². The van der Waals surface area contributed by atoms with Crippen LogP contribution in [0, 0.1) is 5.41 Å². The molecule has 0 spiro atoms. The summed E-state index contributed by atoms with van der Waals surface area (Å²) in [5, 5.41) is -1.17. The van der Waals surface area contributed by atoms with E-state index in [1.807, 2.05) is 6.92 Å². The normalized spacial score (nSPS) is 45.0. The summed E-state index contributed by atoms with van der Waals surface area (Å²) in [6.07, 6.45) is 3.36. The molecule has 3 fully saturated rings. The quantitative estimate of drug-likeness (QED) is 0.578. The van der Waals surface area contributed by atoms with E-state index in [9.17, 15) is 12.9 Å². The SMILES string of the molecule is CCCC12CC([B-](F)(F)F)(C1)C2. The van der Waals surface area contributed by atoms with Gasteiger partial charge in [-0.3, -0.25) is 0 Å². The lowest BCUT2D eigenvalue weighted by Crippen LogP contribution is -2.64. The fraction of sp³-hybridized carbons (Fsp3) is 1.00. The van der Waals surface area contributed by atoms with Crippen LogP contribution in [0.25, 0.3) is 0 Å². The predicted octanol–water partition coefficient (Wildman–Crippen LogP) is 3.56. The van der Waals surface area contributed by atoms with Gasteiger partial charge in [0.2, 0.25) is 0 Å². The lowest BCUT2D eigenvalue weighted by atomic mass is 9.23. The molecule has 0 aromatic rings. The summed E-state index contributed by atoms with van der Waals surface area (Å²) in [7, 11) is 0. The zero-order chi connectivity index (χ0) is 9.04. The third-order valence-electron chi connectivity index (χ3n) is 3.66. The van der Waals surface area contributed by atoms with Crippen molar-refractivity contribution in [2.24, 2.45) is 5.41 Å². The highest BCUT2D eigenvalue weighted by Gasteiger charge is 2.72. The Kier molecular flexibility index (Phi) is 1.42. The highest BCUT2D eigenvalue weighted by Crippen LogP contribution is 2.83. The van der Waals surface area contributed by atoms with E-state index in [4.69, 9.17) is 0 Å². The van der Waals surface area contributed by atoms with Crippen LogP contribution in [0.4, 0.5) is 12.9 Å². The van der Waals surface area contributed by atoms with Gasteiger partial charge in [-0.25, -0.2) is 0 Å². The average Bonchev–Trinajstić information content (AvgIpc) is 1.70. The van der Waals surface area contributed by atoms with Crippen LogP contribution in [0.3, 0.4) is 0 Å². The van der Waals surface area contributed by atoms with Crippen molar-refractivity contribution in [1.29, 1.82) is 0 Å². The Hall–Kier alpha value is -0.145. The van der Waals surface area contributed by atoms with Crippen molar-refractivity contribution >= 4 is 6.98 Å². The van der Waals surface area contributed by atoms with Gasteiger partial charge in [0.1, 0.15) is 0 Å².